The van der Waals surface area contributed by atoms with E-state index in [1.807, 2.05) is 12.1 Å². The minimum absolute atomic E-state index is 0.112. The van der Waals surface area contributed by atoms with Crippen LogP contribution >= 0.6 is 0 Å². The number of nitrogens with one attached hydrogen (secondary N) is 1. The summed E-state index contributed by atoms with van der Waals surface area (Å²) in [6.45, 7) is 10.4. The number of rotatable bonds is 7. The van der Waals surface area contributed by atoms with Crippen LogP contribution < -0.4 is 10.2 Å². The SMILES string of the molecule is CC(C)CC[C@H](C)NC(=O)CN1CCN(c2ccc(F)cc2)CC1. The van der Waals surface area contributed by atoms with Crippen LogP contribution in [-0.2, 0) is 4.79 Å². The monoisotopic (exact) mass is 335 g/mol. The van der Waals surface area contributed by atoms with Gasteiger partial charge >= 0.3 is 0 Å². The maximum Gasteiger partial charge on any atom is 0.234 e. The summed E-state index contributed by atoms with van der Waals surface area (Å²) in [5, 5.41) is 3.10. The van der Waals surface area contributed by atoms with E-state index in [0.29, 0.717) is 12.5 Å². The second-order valence-corrected chi connectivity index (χ2v) is 7.18. The van der Waals surface area contributed by atoms with Crippen LogP contribution in [0.25, 0.3) is 0 Å². The first-order chi connectivity index (χ1) is 11.4. The highest BCUT2D eigenvalue weighted by Gasteiger charge is 2.19. The van der Waals surface area contributed by atoms with E-state index in [1.54, 1.807) is 0 Å². The Morgan fingerprint density at radius 3 is 2.29 bits per heavy atom. The van der Waals surface area contributed by atoms with Crippen LogP contribution in [0.3, 0.4) is 0 Å². The molecule has 134 valence electrons. The van der Waals surface area contributed by atoms with Gasteiger partial charge in [-0.15, -0.1) is 0 Å². The van der Waals surface area contributed by atoms with Crippen molar-refractivity contribution < 1.29 is 9.18 Å². The van der Waals surface area contributed by atoms with Gasteiger partial charge in [0.15, 0.2) is 0 Å². The fourth-order valence-corrected chi connectivity index (χ4v) is 3.00. The molecule has 1 heterocycles. The van der Waals surface area contributed by atoms with E-state index in [-0.39, 0.29) is 17.8 Å². The third kappa shape index (κ3) is 6.11. The molecular weight excluding hydrogens is 305 g/mol. The molecule has 1 atom stereocenters. The van der Waals surface area contributed by atoms with Gasteiger partial charge in [-0.3, -0.25) is 9.69 Å². The van der Waals surface area contributed by atoms with Crippen LogP contribution in [0.2, 0.25) is 0 Å². The summed E-state index contributed by atoms with van der Waals surface area (Å²) in [6.07, 6.45) is 2.17. The van der Waals surface area contributed by atoms with Crippen molar-refractivity contribution in [3.63, 3.8) is 0 Å². The van der Waals surface area contributed by atoms with Crippen LogP contribution in [0.15, 0.2) is 24.3 Å². The molecule has 1 fully saturated rings. The van der Waals surface area contributed by atoms with Crippen molar-refractivity contribution in [2.45, 2.75) is 39.7 Å². The zero-order chi connectivity index (χ0) is 17.5. The lowest BCUT2D eigenvalue weighted by Crippen LogP contribution is -2.50. The number of carbonyl (C=O) groups excluding carboxylic acids is 1. The number of hydrogen-bond donors (Lipinski definition) is 1. The summed E-state index contributed by atoms with van der Waals surface area (Å²) in [5.74, 6) is 0.575. The third-order valence-corrected chi connectivity index (χ3v) is 4.52. The number of benzene rings is 1. The van der Waals surface area contributed by atoms with E-state index in [0.717, 1.165) is 44.7 Å². The molecule has 1 aliphatic heterocycles. The van der Waals surface area contributed by atoms with Crippen LogP contribution in [0.1, 0.15) is 33.6 Å². The van der Waals surface area contributed by atoms with Gasteiger partial charge in [0.25, 0.3) is 0 Å². The summed E-state index contributed by atoms with van der Waals surface area (Å²) < 4.78 is 13.0. The molecule has 1 aromatic carbocycles. The number of piperazine rings is 1. The second kappa shape index (κ2) is 9.02. The highest BCUT2D eigenvalue weighted by Crippen LogP contribution is 2.16. The zero-order valence-electron chi connectivity index (χ0n) is 15.1. The molecule has 1 aromatic rings. The van der Waals surface area contributed by atoms with Crippen molar-refractivity contribution in [2.75, 3.05) is 37.6 Å². The van der Waals surface area contributed by atoms with E-state index < -0.39 is 0 Å². The topological polar surface area (TPSA) is 35.6 Å². The van der Waals surface area contributed by atoms with Gasteiger partial charge in [-0.25, -0.2) is 4.39 Å². The molecule has 1 aliphatic rings. The number of hydrogen-bond acceptors (Lipinski definition) is 3. The molecule has 24 heavy (non-hydrogen) atoms. The first-order valence-corrected chi connectivity index (χ1v) is 8.96. The van der Waals surface area contributed by atoms with Gasteiger partial charge in [-0.1, -0.05) is 13.8 Å². The summed E-state index contributed by atoms with van der Waals surface area (Å²) in [6, 6.07) is 6.85. The number of carbonyl (C=O) groups is 1. The van der Waals surface area contributed by atoms with Crippen molar-refractivity contribution in [2.24, 2.45) is 5.92 Å². The van der Waals surface area contributed by atoms with Crippen molar-refractivity contribution in [3.8, 4) is 0 Å². The van der Waals surface area contributed by atoms with E-state index in [4.69, 9.17) is 0 Å². The Morgan fingerprint density at radius 1 is 1.08 bits per heavy atom. The second-order valence-electron chi connectivity index (χ2n) is 7.18. The molecule has 0 spiro atoms. The average molecular weight is 335 g/mol. The van der Waals surface area contributed by atoms with Crippen LogP contribution in [0, 0.1) is 11.7 Å². The lowest BCUT2D eigenvalue weighted by Gasteiger charge is -2.35. The molecule has 0 aromatic heterocycles. The predicted molar refractivity (Wildman–Crippen MR) is 96.7 cm³/mol. The maximum absolute atomic E-state index is 13.0. The Labute approximate surface area is 145 Å². The van der Waals surface area contributed by atoms with Crippen LogP contribution in [0.4, 0.5) is 10.1 Å². The molecule has 1 saturated heterocycles. The van der Waals surface area contributed by atoms with Crippen molar-refractivity contribution in [1.29, 1.82) is 0 Å². The quantitative estimate of drug-likeness (QED) is 0.832. The molecule has 0 aliphatic carbocycles. The van der Waals surface area contributed by atoms with Crippen LogP contribution in [-0.4, -0.2) is 49.6 Å². The molecule has 1 N–H and O–H groups in total. The molecule has 0 bridgehead atoms. The molecule has 1 amide bonds. The van der Waals surface area contributed by atoms with Gasteiger partial charge in [0.05, 0.1) is 6.54 Å². The molecule has 0 radical (unpaired) electrons. The normalized spacial score (nSPS) is 17.1. The standard InChI is InChI=1S/C19H30FN3O/c1-15(2)4-5-16(3)21-19(24)14-22-10-12-23(13-11-22)18-8-6-17(20)7-9-18/h6-9,15-16H,4-5,10-14H2,1-3H3,(H,21,24)/t16-/m0/s1. The van der Waals surface area contributed by atoms with Gasteiger partial charge in [-0.05, 0) is 49.9 Å². The fourth-order valence-electron chi connectivity index (χ4n) is 3.00. The zero-order valence-corrected chi connectivity index (χ0v) is 15.1. The van der Waals surface area contributed by atoms with Gasteiger partial charge in [0.1, 0.15) is 5.82 Å². The Morgan fingerprint density at radius 2 is 1.71 bits per heavy atom. The molecule has 4 nitrogen and oxygen atoms in total. The summed E-state index contributed by atoms with van der Waals surface area (Å²) in [7, 11) is 0. The number of halogens is 1. The largest absolute Gasteiger partial charge is 0.369 e. The average Bonchev–Trinajstić information content (AvgIpc) is 2.54. The van der Waals surface area contributed by atoms with E-state index >= 15 is 0 Å². The highest BCUT2D eigenvalue weighted by molar-refractivity contribution is 5.78. The number of anilines is 1. The first kappa shape index (κ1) is 18.7. The van der Waals surface area contributed by atoms with Crippen molar-refractivity contribution in [1.82, 2.24) is 10.2 Å². The molecule has 0 unspecified atom stereocenters. The van der Waals surface area contributed by atoms with E-state index in [9.17, 15) is 9.18 Å². The van der Waals surface area contributed by atoms with Crippen LogP contribution in [0.5, 0.6) is 0 Å². The molecule has 0 saturated carbocycles. The number of nitrogens with zero attached hydrogens (tertiary/aromatic N) is 2. The smallest absolute Gasteiger partial charge is 0.234 e. The van der Waals surface area contributed by atoms with Gasteiger partial charge in [0, 0.05) is 37.9 Å². The molecule has 2 rings (SSSR count). The minimum atomic E-state index is -0.208. The lowest BCUT2D eigenvalue weighted by molar-refractivity contribution is -0.123. The number of amides is 1. The molecule has 5 heteroatoms. The van der Waals surface area contributed by atoms with E-state index in [2.05, 4.69) is 35.9 Å². The maximum atomic E-state index is 13.0. The summed E-state index contributed by atoms with van der Waals surface area (Å²) >= 11 is 0. The predicted octanol–water partition coefficient (Wildman–Crippen LogP) is 2.89. The minimum Gasteiger partial charge on any atom is -0.369 e. The first-order valence-electron chi connectivity index (χ1n) is 8.96. The Balaban J connectivity index is 1.70. The van der Waals surface area contributed by atoms with Crippen molar-refractivity contribution >= 4 is 11.6 Å². The third-order valence-electron chi connectivity index (χ3n) is 4.52. The van der Waals surface area contributed by atoms with Crippen molar-refractivity contribution in [3.05, 3.63) is 30.1 Å². The summed E-state index contributed by atoms with van der Waals surface area (Å²) in [4.78, 5) is 16.6. The van der Waals surface area contributed by atoms with Gasteiger partial charge in [-0.2, -0.15) is 0 Å². The van der Waals surface area contributed by atoms with E-state index in [1.165, 1.54) is 12.1 Å². The summed E-state index contributed by atoms with van der Waals surface area (Å²) in [5.41, 5.74) is 1.04. The Kier molecular flexibility index (Phi) is 7.03. The highest BCUT2D eigenvalue weighted by atomic mass is 19.1. The lowest BCUT2D eigenvalue weighted by atomic mass is 10.0. The molecular formula is C19H30FN3O. The van der Waals surface area contributed by atoms with Gasteiger partial charge < -0.3 is 10.2 Å². The fraction of sp³-hybridized carbons (Fsp3) is 0.632. The Hall–Kier alpha value is -1.62. The Bertz CT molecular complexity index is 510. The van der Waals surface area contributed by atoms with Gasteiger partial charge in [0.2, 0.25) is 5.91 Å².